The predicted octanol–water partition coefficient (Wildman–Crippen LogP) is 26.5. The fourth-order valence-electron chi connectivity index (χ4n) is 17.7. The number of rotatable bonds is 11. The summed E-state index contributed by atoms with van der Waals surface area (Å²) < 4.78 is 21.2. The first kappa shape index (κ1) is 64.0. The Morgan fingerprint density at radius 3 is 1.41 bits per heavy atom. The number of fused-ring (bicyclic) bond motifs is 14. The fourth-order valence-corrected chi connectivity index (χ4v) is 17.7. The molecule has 0 aliphatic carbocycles. The average molecular weight is 1450 g/mol. The molecule has 21 aromatic rings. The Morgan fingerprint density at radius 2 is 0.664 bits per heavy atom. The Hall–Kier alpha value is -15.1. The van der Waals surface area contributed by atoms with Crippen LogP contribution in [0.4, 0.5) is 0 Å². The number of nitrogens with one attached hydrogen (secondary N) is 2. The lowest BCUT2D eigenvalue weighted by atomic mass is 9.88. The summed E-state index contributed by atoms with van der Waals surface area (Å²) in [5.74, 6) is 2.73. The highest BCUT2D eigenvalue weighted by atomic mass is 16.3. The minimum absolute atomic E-state index is 0.330. The summed E-state index contributed by atoms with van der Waals surface area (Å²) in [6.07, 6.45) is -0.825. The zero-order chi connectivity index (χ0) is 74.2. The Morgan fingerprint density at radius 1 is 0.212 bits per heavy atom. The van der Waals surface area contributed by atoms with Crippen LogP contribution in [-0.4, -0.2) is 23.3 Å². The monoisotopic (exact) mass is 1440 g/mol. The first-order chi connectivity index (χ1) is 56.0. The zero-order valence-corrected chi connectivity index (χ0v) is 60.8. The minimum atomic E-state index is -0.495. The fraction of sp³-hybridized carbons (Fsp3) is 0.0192. The van der Waals surface area contributed by atoms with Crippen molar-refractivity contribution in [2.24, 2.45) is 20.0 Å². The molecular weight excluding hydrogens is 1380 g/mol. The molecule has 113 heavy (non-hydrogen) atoms. The molecule has 9 heteroatoms. The SMILES string of the molecule is c1ccc(C2=NC(c3ccc(-c4ccc(-c5ccc(-c6ccc7c(c6)oc6c(C8=NC(c9ccc%10ccccc%10c9)NC(c9ccc(-c%10cccc%11oc%12c(-c%13ccc%14ccccc%14c%13)cccc%12c%10%11)c%10ccccc9%10)=N8)cccc67)c6ccccc56)c5oc6ccccc6c45)c4ccccc34)=NC(c3ccccc3)N2)cc1. The van der Waals surface area contributed by atoms with Crippen LogP contribution < -0.4 is 10.6 Å². The Bertz CT molecular complexity index is 7710. The van der Waals surface area contributed by atoms with Crippen LogP contribution >= 0.6 is 0 Å². The summed E-state index contributed by atoms with van der Waals surface area (Å²) in [7, 11) is 0. The number of amidine groups is 4. The van der Waals surface area contributed by atoms with E-state index in [1.54, 1.807) is 0 Å². The van der Waals surface area contributed by atoms with Crippen LogP contribution in [0, 0.1) is 0 Å². The summed E-state index contributed by atoms with van der Waals surface area (Å²) in [4.78, 5) is 21.7. The molecule has 5 heterocycles. The van der Waals surface area contributed by atoms with Gasteiger partial charge in [0, 0.05) is 60.1 Å². The van der Waals surface area contributed by atoms with Crippen LogP contribution in [0.3, 0.4) is 0 Å². The Kier molecular flexibility index (Phi) is 14.6. The smallest absolute Gasteiger partial charge is 0.163 e. The lowest BCUT2D eigenvalue weighted by Gasteiger charge is -2.25. The third-order valence-electron chi connectivity index (χ3n) is 23.0. The van der Waals surface area contributed by atoms with Gasteiger partial charge in [0.1, 0.15) is 57.5 Å². The zero-order valence-electron chi connectivity index (χ0n) is 60.8. The first-order valence-corrected chi connectivity index (χ1v) is 38.4. The van der Waals surface area contributed by atoms with Crippen molar-refractivity contribution in [2.75, 3.05) is 0 Å². The van der Waals surface area contributed by atoms with Crippen LogP contribution in [0.25, 0.3) is 175 Å². The largest absolute Gasteiger partial charge is 0.455 e. The molecule has 18 aromatic carbocycles. The third-order valence-corrected chi connectivity index (χ3v) is 23.0. The average Bonchev–Trinajstić information content (AvgIpc) is 1.66. The second kappa shape index (κ2) is 25.8. The summed E-state index contributed by atoms with van der Waals surface area (Å²) in [6, 6.07) is 129. The highest BCUT2D eigenvalue weighted by Gasteiger charge is 2.29. The van der Waals surface area contributed by atoms with Crippen molar-refractivity contribution < 1.29 is 13.3 Å². The molecule has 3 aromatic heterocycles. The van der Waals surface area contributed by atoms with Crippen LogP contribution in [0.2, 0.25) is 0 Å². The van der Waals surface area contributed by atoms with Crippen LogP contribution in [-0.2, 0) is 0 Å². The van der Waals surface area contributed by atoms with Crippen LogP contribution in [0.15, 0.2) is 397 Å². The molecule has 2 unspecified atom stereocenters. The van der Waals surface area contributed by atoms with Gasteiger partial charge in [0.15, 0.2) is 11.7 Å². The Labute approximate surface area is 648 Å². The van der Waals surface area contributed by atoms with E-state index in [4.69, 9.17) is 33.2 Å². The molecule has 0 amide bonds. The van der Waals surface area contributed by atoms with Crippen molar-refractivity contribution in [1.29, 1.82) is 0 Å². The highest BCUT2D eigenvalue weighted by molar-refractivity contribution is 6.26. The van der Waals surface area contributed by atoms with Gasteiger partial charge in [-0.3, -0.25) is 0 Å². The maximum Gasteiger partial charge on any atom is 0.163 e. The Balaban J connectivity index is 0.618. The minimum Gasteiger partial charge on any atom is -0.455 e. The second-order valence-corrected chi connectivity index (χ2v) is 29.4. The van der Waals surface area contributed by atoms with Crippen molar-refractivity contribution >= 4 is 143 Å². The van der Waals surface area contributed by atoms with E-state index in [0.29, 0.717) is 23.1 Å². The van der Waals surface area contributed by atoms with Gasteiger partial charge in [-0.1, -0.05) is 309 Å². The van der Waals surface area contributed by atoms with Gasteiger partial charge in [0.05, 0.1) is 5.56 Å². The maximum atomic E-state index is 7.21. The molecule has 0 spiro atoms. The van der Waals surface area contributed by atoms with Crippen LogP contribution in [0.1, 0.15) is 45.7 Å². The van der Waals surface area contributed by atoms with Gasteiger partial charge < -0.3 is 23.9 Å². The van der Waals surface area contributed by atoms with Gasteiger partial charge in [0.2, 0.25) is 0 Å². The van der Waals surface area contributed by atoms with Gasteiger partial charge in [0.25, 0.3) is 0 Å². The topological polar surface area (TPSA) is 113 Å². The molecule has 2 aliphatic heterocycles. The normalized spacial score (nSPS) is 14.5. The van der Waals surface area contributed by atoms with Crippen molar-refractivity contribution in [1.82, 2.24) is 10.6 Å². The highest BCUT2D eigenvalue weighted by Crippen LogP contribution is 2.49. The van der Waals surface area contributed by atoms with Gasteiger partial charge in [-0.25, -0.2) is 20.0 Å². The molecule has 2 atom stereocenters. The van der Waals surface area contributed by atoms with E-state index < -0.39 is 6.17 Å². The summed E-state index contributed by atoms with van der Waals surface area (Å²) >= 11 is 0. The molecule has 0 bridgehead atoms. The molecule has 2 aliphatic rings. The molecule has 0 fully saturated rings. The quantitative estimate of drug-likeness (QED) is 0.134. The number of aliphatic imine (C=N–C) groups is 4. The van der Waals surface area contributed by atoms with Crippen molar-refractivity contribution in [3.05, 3.63) is 397 Å². The number of para-hydroxylation sites is 3. The second-order valence-electron chi connectivity index (χ2n) is 29.4. The number of benzene rings is 18. The van der Waals surface area contributed by atoms with E-state index in [1.165, 1.54) is 10.8 Å². The van der Waals surface area contributed by atoms with Crippen molar-refractivity contribution in [3.63, 3.8) is 0 Å². The van der Waals surface area contributed by atoms with E-state index in [-0.39, 0.29) is 6.17 Å². The number of hydrogen-bond donors (Lipinski definition) is 2. The van der Waals surface area contributed by atoms with Gasteiger partial charge >= 0.3 is 0 Å². The molecule has 23 rings (SSSR count). The maximum absolute atomic E-state index is 7.21. The van der Waals surface area contributed by atoms with E-state index in [0.717, 1.165) is 198 Å². The summed E-state index contributed by atoms with van der Waals surface area (Å²) in [5.41, 5.74) is 21.3. The summed E-state index contributed by atoms with van der Waals surface area (Å²) in [5, 5.41) is 24.9. The standard InChI is InChI=1S/C104H64N6O3/c1-3-24-63(25-4-1)99-105-100(64-26-5-2-6-27-64)107-102(106-99)86-57-53-79(75-33-14-16-35-77(75)86)83-54-55-85(98-95(83)88-36-17-18-42-91(88)111-98)80-51-50-70(72-30-11-12-31-73(72)80)68-48-49-81-84-39-20-41-90(97(84)113-93(81)60-68)104-109-101(69-47-45-62-23-8-10-29-66(62)59-69)108-103(110-104)87-56-52-78(74-32-13-15-34-76(74)87)82-38-21-43-92-94(82)89-40-19-37-71(96(89)112-92)67-46-44-61-22-7-9-28-65(61)58-67/h1-60,99,101H,(H,105,106,107)(H,108,109,110). The van der Waals surface area contributed by atoms with E-state index in [2.05, 4.69) is 350 Å². The van der Waals surface area contributed by atoms with Crippen molar-refractivity contribution in [2.45, 2.75) is 12.3 Å². The van der Waals surface area contributed by atoms with Crippen molar-refractivity contribution in [3.8, 4) is 55.6 Å². The number of nitrogens with zero attached hydrogens (tertiary/aromatic N) is 4. The van der Waals surface area contributed by atoms with Gasteiger partial charge in [-0.2, -0.15) is 0 Å². The molecule has 0 radical (unpaired) electrons. The lowest BCUT2D eigenvalue weighted by molar-refractivity contribution is 0.663. The molecule has 528 valence electrons. The van der Waals surface area contributed by atoms with E-state index in [9.17, 15) is 0 Å². The lowest BCUT2D eigenvalue weighted by Crippen LogP contribution is -2.33. The van der Waals surface area contributed by atoms with Crippen LogP contribution in [0.5, 0.6) is 0 Å². The van der Waals surface area contributed by atoms with Gasteiger partial charge in [-0.15, -0.1) is 0 Å². The third kappa shape index (κ3) is 10.5. The molecule has 2 N–H and O–H groups in total. The molecule has 9 nitrogen and oxygen atoms in total. The van der Waals surface area contributed by atoms with E-state index in [1.807, 2.05) is 24.3 Å². The predicted molar refractivity (Wildman–Crippen MR) is 467 cm³/mol. The first-order valence-electron chi connectivity index (χ1n) is 38.4. The molecular formula is C104H64N6O3. The number of hydrogen-bond acceptors (Lipinski definition) is 9. The molecule has 0 saturated heterocycles. The molecule has 0 saturated carbocycles. The number of furan rings is 3. The van der Waals surface area contributed by atoms with Gasteiger partial charge in [-0.05, 0) is 164 Å². The summed E-state index contributed by atoms with van der Waals surface area (Å²) in [6.45, 7) is 0. The van der Waals surface area contributed by atoms with E-state index >= 15 is 0 Å².